The third-order valence-corrected chi connectivity index (χ3v) is 2.94. The first-order valence-corrected chi connectivity index (χ1v) is 5.62. The highest BCUT2D eigenvalue weighted by Crippen LogP contribution is 2.30. The van der Waals surface area contributed by atoms with Gasteiger partial charge in [0.15, 0.2) is 5.69 Å². The van der Waals surface area contributed by atoms with Crippen LogP contribution in [0.5, 0.6) is 5.75 Å². The summed E-state index contributed by atoms with van der Waals surface area (Å²) in [6.07, 6.45) is 0.856. The van der Waals surface area contributed by atoms with Gasteiger partial charge < -0.3 is 14.3 Å². The van der Waals surface area contributed by atoms with E-state index in [4.69, 9.17) is 14.3 Å². The molecule has 1 aromatic carbocycles. The van der Waals surface area contributed by atoms with Gasteiger partial charge in [0.05, 0.1) is 6.61 Å². The van der Waals surface area contributed by atoms with Gasteiger partial charge in [-0.3, -0.25) is 0 Å². The average Bonchev–Trinajstić information content (AvgIpc) is 2.93. The number of rotatable bonds is 2. The van der Waals surface area contributed by atoms with E-state index in [1.54, 1.807) is 6.92 Å². The van der Waals surface area contributed by atoms with Crippen LogP contribution in [-0.4, -0.2) is 22.7 Å². The zero-order valence-corrected chi connectivity index (χ0v) is 9.77. The lowest BCUT2D eigenvalue weighted by atomic mass is 10.1. The van der Waals surface area contributed by atoms with Crippen molar-refractivity contribution in [3.05, 3.63) is 35.2 Å². The minimum absolute atomic E-state index is 0.0400. The van der Waals surface area contributed by atoms with E-state index in [-0.39, 0.29) is 5.69 Å². The van der Waals surface area contributed by atoms with Gasteiger partial charge in [-0.2, -0.15) is 0 Å². The van der Waals surface area contributed by atoms with Gasteiger partial charge in [-0.15, -0.1) is 0 Å². The van der Waals surface area contributed by atoms with E-state index in [0.717, 1.165) is 23.3 Å². The fourth-order valence-corrected chi connectivity index (χ4v) is 2.04. The highest BCUT2D eigenvalue weighted by Gasteiger charge is 2.19. The van der Waals surface area contributed by atoms with Crippen LogP contribution in [0.25, 0.3) is 11.5 Å². The van der Waals surface area contributed by atoms with Crippen molar-refractivity contribution in [3.63, 3.8) is 0 Å². The molecule has 3 rings (SSSR count). The Morgan fingerprint density at radius 1 is 1.44 bits per heavy atom. The van der Waals surface area contributed by atoms with Gasteiger partial charge in [0.2, 0.25) is 5.89 Å². The molecule has 5 heteroatoms. The maximum Gasteiger partial charge on any atom is 0.358 e. The van der Waals surface area contributed by atoms with Crippen molar-refractivity contribution in [2.24, 2.45) is 0 Å². The number of oxazole rings is 1. The summed E-state index contributed by atoms with van der Waals surface area (Å²) in [5.74, 6) is 0.446. The molecule has 2 aromatic rings. The Hall–Kier alpha value is -2.30. The van der Waals surface area contributed by atoms with E-state index in [1.807, 2.05) is 18.2 Å². The lowest BCUT2D eigenvalue weighted by Gasteiger charge is -2.00. The number of aromatic nitrogens is 1. The van der Waals surface area contributed by atoms with Gasteiger partial charge in [0, 0.05) is 12.0 Å². The fourth-order valence-electron chi connectivity index (χ4n) is 2.04. The lowest BCUT2D eigenvalue weighted by Crippen LogP contribution is -1.98. The standard InChI is InChI=1S/C13H11NO4/c1-7-11(13(15)16)14-12(18-7)9-2-3-10-8(6-9)4-5-17-10/h2-3,6H,4-5H2,1H3,(H,15,16). The van der Waals surface area contributed by atoms with Crippen molar-refractivity contribution in [2.75, 3.05) is 6.61 Å². The van der Waals surface area contributed by atoms with Gasteiger partial charge in [0.1, 0.15) is 11.5 Å². The minimum Gasteiger partial charge on any atom is -0.493 e. The number of aromatic carboxylic acids is 1. The van der Waals surface area contributed by atoms with Crippen LogP contribution in [0.15, 0.2) is 22.6 Å². The quantitative estimate of drug-likeness (QED) is 0.878. The molecule has 92 valence electrons. The normalized spacial score (nSPS) is 13.2. The Bertz CT molecular complexity index is 630. The predicted octanol–water partition coefficient (Wildman–Crippen LogP) is 2.28. The molecule has 0 radical (unpaired) electrons. The summed E-state index contributed by atoms with van der Waals surface area (Å²) in [6, 6.07) is 5.61. The molecule has 0 spiro atoms. The number of carboxylic acids is 1. The van der Waals surface area contributed by atoms with Gasteiger partial charge in [-0.05, 0) is 30.7 Å². The van der Waals surface area contributed by atoms with Crippen LogP contribution in [0.1, 0.15) is 21.8 Å². The van der Waals surface area contributed by atoms with Crippen LogP contribution in [0, 0.1) is 6.92 Å². The summed E-state index contributed by atoms with van der Waals surface area (Å²) in [5.41, 5.74) is 1.83. The number of carboxylic acid groups (broad SMARTS) is 1. The summed E-state index contributed by atoms with van der Waals surface area (Å²) in [4.78, 5) is 14.9. The monoisotopic (exact) mass is 245 g/mol. The number of hydrogen-bond donors (Lipinski definition) is 1. The summed E-state index contributed by atoms with van der Waals surface area (Å²) in [5, 5.41) is 8.94. The molecule has 1 aliphatic rings. The highest BCUT2D eigenvalue weighted by molar-refractivity contribution is 5.87. The molecule has 0 saturated heterocycles. The van der Waals surface area contributed by atoms with Crippen molar-refractivity contribution in [1.82, 2.24) is 4.98 Å². The Balaban J connectivity index is 2.05. The molecule has 0 aliphatic carbocycles. The minimum atomic E-state index is -1.08. The third kappa shape index (κ3) is 1.64. The number of hydrogen-bond acceptors (Lipinski definition) is 4. The van der Waals surface area contributed by atoms with E-state index in [9.17, 15) is 4.79 Å². The van der Waals surface area contributed by atoms with Crippen LogP contribution in [0.4, 0.5) is 0 Å². The molecule has 18 heavy (non-hydrogen) atoms. The average molecular weight is 245 g/mol. The van der Waals surface area contributed by atoms with E-state index >= 15 is 0 Å². The Morgan fingerprint density at radius 3 is 3.00 bits per heavy atom. The van der Waals surface area contributed by atoms with Crippen molar-refractivity contribution >= 4 is 5.97 Å². The van der Waals surface area contributed by atoms with Crippen LogP contribution in [0.3, 0.4) is 0 Å². The van der Waals surface area contributed by atoms with Crippen LogP contribution >= 0.6 is 0 Å². The Morgan fingerprint density at radius 2 is 2.28 bits per heavy atom. The van der Waals surface area contributed by atoms with Gasteiger partial charge in [-0.1, -0.05) is 0 Å². The highest BCUT2D eigenvalue weighted by atomic mass is 16.5. The second kappa shape index (κ2) is 3.87. The second-order valence-corrected chi connectivity index (χ2v) is 4.15. The zero-order chi connectivity index (χ0) is 12.7. The molecule has 0 bridgehead atoms. The molecule has 1 aromatic heterocycles. The van der Waals surface area contributed by atoms with Crippen molar-refractivity contribution in [3.8, 4) is 17.2 Å². The third-order valence-electron chi connectivity index (χ3n) is 2.94. The Labute approximate surface area is 103 Å². The number of aryl methyl sites for hydroxylation is 1. The maximum absolute atomic E-state index is 10.9. The maximum atomic E-state index is 10.9. The second-order valence-electron chi connectivity index (χ2n) is 4.15. The van der Waals surface area contributed by atoms with E-state index in [0.29, 0.717) is 18.3 Å². The van der Waals surface area contributed by atoms with E-state index < -0.39 is 5.97 Å². The molecule has 1 aliphatic heterocycles. The van der Waals surface area contributed by atoms with Crippen molar-refractivity contribution in [2.45, 2.75) is 13.3 Å². The number of ether oxygens (including phenoxy) is 1. The summed E-state index contributed by atoms with van der Waals surface area (Å²) in [7, 11) is 0. The van der Waals surface area contributed by atoms with Crippen LogP contribution in [0.2, 0.25) is 0 Å². The first-order valence-electron chi connectivity index (χ1n) is 5.62. The fraction of sp³-hybridized carbons (Fsp3) is 0.231. The van der Waals surface area contributed by atoms with E-state index in [1.165, 1.54) is 0 Å². The molecule has 0 atom stereocenters. The molecule has 0 fully saturated rings. The molecule has 0 unspecified atom stereocenters. The van der Waals surface area contributed by atoms with Gasteiger partial charge in [0.25, 0.3) is 0 Å². The zero-order valence-electron chi connectivity index (χ0n) is 9.77. The SMILES string of the molecule is Cc1oc(-c2ccc3c(c2)CCO3)nc1C(=O)O. The molecule has 5 nitrogen and oxygen atoms in total. The summed E-state index contributed by atoms with van der Waals surface area (Å²) < 4.78 is 10.8. The van der Waals surface area contributed by atoms with Crippen molar-refractivity contribution < 1.29 is 19.1 Å². The Kier molecular flexibility index (Phi) is 2.33. The lowest BCUT2D eigenvalue weighted by molar-refractivity contribution is 0.0689. The van der Waals surface area contributed by atoms with Crippen LogP contribution in [-0.2, 0) is 6.42 Å². The summed E-state index contributed by atoms with van der Waals surface area (Å²) >= 11 is 0. The molecular weight excluding hydrogens is 234 g/mol. The number of benzene rings is 1. The number of nitrogens with zero attached hydrogens (tertiary/aromatic N) is 1. The topological polar surface area (TPSA) is 72.6 Å². The smallest absolute Gasteiger partial charge is 0.358 e. The first-order chi connectivity index (χ1) is 8.65. The molecule has 2 heterocycles. The molecule has 0 amide bonds. The van der Waals surface area contributed by atoms with Gasteiger partial charge in [-0.25, -0.2) is 9.78 Å². The van der Waals surface area contributed by atoms with Crippen molar-refractivity contribution in [1.29, 1.82) is 0 Å². The summed E-state index contributed by atoms with van der Waals surface area (Å²) in [6.45, 7) is 2.28. The van der Waals surface area contributed by atoms with Gasteiger partial charge >= 0.3 is 5.97 Å². The van der Waals surface area contributed by atoms with Crippen LogP contribution < -0.4 is 4.74 Å². The molecule has 1 N–H and O–H groups in total. The molecular formula is C13H11NO4. The predicted molar refractivity (Wildman–Crippen MR) is 62.8 cm³/mol. The largest absolute Gasteiger partial charge is 0.493 e. The first kappa shape index (κ1) is 10.8. The van der Waals surface area contributed by atoms with E-state index in [2.05, 4.69) is 4.98 Å². The molecule has 0 saturated carbocycles. The number of fused-ring (bicyclic) bond motifs is 1. The number of carbonyl (C=O) groups is 1.